The number of benzene rings is 1. The van der Waals surface area contributed by atoms with Gasteiger partial charge in [-0.1, -0.05) is 12.1 Å². The van der Waals surface area contributed by atoms with Crippen LogP contribution in [0.2, 0.25) is 0 Å². The van der Waals surface area contributed by atoms with Gasteiger partial charge in [0.2, 0.25) is 0 Å². The van der Waals surface area contributed by atoms with Gasteiger partial charge in [-0.05, 0) is 31.4 Å². The normalized spacial score (nSPS) is 25.4. The fourth-order valence-electron chi connectivity index (χ4n) is 2.92. The zero-order valence-corrected chi connectivity index (χ0v) is 12.6. The topological polar surface area (TPSA) is 30.5 Å². The average molecular weight is 299 g/mol. The van der Waals surface area contributed by atoms with Crippen LogP contribution in [0.15, 0.2) is 18.2 Å². The third-order valence-corrected chi connectivity index (χ3v) is 4.36. The SMILES string of the molecule is COCCNCC1(Cc2cccc(F)c2F)CCOC1C. The minimum absolute atomic E-state index is 0.00946. The molecule has 0 saturated carbocycles. The summed E-state index contributed by atoms with van der Waals surface area (Å²) in [4.78, 5) is 0. The van der Waals surface area contributed by atoms with Gasteiger partial charge in [0, 0.05) is 32.2 Å². The van der Waals surface area contributed by atoms with Crippen molar-refractivity contribution in [1.82, 2.24) is 5.32 Å². The van der Waals surface area contributed by atoms with Gasteiger partial charge in [0.15, 0.2) is 11.6 Å². The molecule has 118 valence electrons. The Morgan fingerprint density at radius 3 is 2.90 bits per heavy atom. The molecule has 1 aromatic carbocycles. The lowest BCUT2D eigenvalue weighted by Crippen LogP contribution is -2.42. The predicted molar refractivity (Wildman–Crippen MR) is 77.3 cm³/mol. The van der Waals surface area contributed by atoms with Gasteiger partial charge in [-0.2, -0.15) is 0 Å². The van der Waals surface area contributed by atoms with Crippen LogP contribution in [0.4, 0.5) is 8.78 Å². The summed E-state index contributed by atoms with van der Waals surface area (Å²) < 4.78 is 38.0. The molecule has 1 aliphatic heterocycles. The Labute approximate surface area is 124 Å². The van der Waals surface area contributed by atoms with E-state index in [-0.39, 0.29) is 11.5 Å². The molecule has 21 heavy (non-hydrogen) atoms. The van der Waals surface area contributed by atoms with Crippen molar-refractivity contribution in [2.75, 3.05) is 33.4 Å². The molecule has 0 aliphatic carbocycles. The Kier molecular flexibility index (Phi) is 5.67. The molecule has 0 amide bonds. The number of hydrogen-bond acceptors (Lipinski definition) is 3. The first-order chi connectivity index (χ1) is 10.1. The van der Waals surface area contributed by atoms with Crippen molar-refractivity contribution in [3.63, 3.8) is 0 Å². The zero-order chi connectivity index (χ0) is 15.3. The second-order valence-corrected chi connectivity index (χ2v) is 5.68. The monoisotopic (exact) mass is 299 g/mol. The second-order valence-electron chi connectivity index (χ2n) is 5.68. The molecule has 2 unspecified atom stereocenters. The molecule has 1 fully saturated rings. The third kappa shape index (κ3) is 3.78. The van der Waals surface area contributed by atoms with Gasteiger partial charge in [0.1, 0.15) is 0 Å². The maximum absolute atomic E-state index is 13.9. The Balaban J connectivity index is 2.11. The van der Waals surface area contributed by atoms with E-state index in [0.29, 0.717) is 31.7 Å². The van der Waals surface area contributed by atoms with Crippen LogP contribution < -0.4 is 5.32 Å². The summed E-state index contributed by atoms with van der Waals surface area (Å²) in [6.45, 7) is 4.72. The lowest BCUT2D eigenvalue weighted by atomic mass is 9.76. The van der Waals surface area contributed by atoms with Crippen molar-refractivity contribution in [1.29, 1.82) is 0 Å². The van der Waals surface area contributed by atoms with Gasteiger partial charge >= 0.3 is 0 Å². The van der Waals surface area contributed by atoms with E-state index in [1.165, 1.54) is 0 Å². The first-order valence-corrected chi connectivity index (χ1v) is 7.33. The molecule has 0 spiro atoms. The molecular weight excluding hydrogens is 276 g/mol. The third-order valence-electron chi connectivity index (χ3n) is 4.36. The van der Waals surface area contributed by atoms with E-state index in [9.17, 15) is 8.78 Å². The largest absolute Gasteiger partial charge is 0.383 e. The molecule has 1 heterocycles. The van der Waals surface area contributed by atoms with E-state index in [0.717, 1.165) is 19.0 Å². The highest BCUT2D eigenvalue weighted by Gasteiger charge is 2.41. The molecule has 3 nitrogen and oxygen atoms in total. The first kappa shape index (κ1) is 16.3. The Morgan fingerprint density at radius 2 is 2.24 bits per heavy atom. The molecule has 2 atom stereocenters. The van der Waals surface area contributed by atoms with Crippen molar-refractivity contribution in [3.05, 3.63) is 35.4 Å². The van der Waals surface area contributed by atoms with Gasteiger partial charge in [-0.3, -0.25) is 0 Å². The Hall–Kier alpha value is -1.04. The average Bonchev–Trinajstić information content (AvgIpc) is 2.82. The van der Waals surface area contributed by atoms with E-state index in [2.05, 4.69) is 5.32 Å². The minimum atomic E-state index is -0.790. The Morgan fingerprint density at radius 1 is 1.43 bits per heavy atom. The highest BCUT2D eigenvalue weighted by Crippen LogP contribution is 2.38. The maximum Gasteiger partial charge on any atom is 0.162 e. The summed E-state index contributed by atoms with van der Waals surface area (Å²) in [5.74, 6) is -1.53. The molecule has 0 bridgehead atoms. The number of hydrogen-bond donors (Lipinski definition) is 1. The lowest BCUT2D eigenvalue weighted by Gasteiger charge is -2.33. The smallest absolute Gasteiger partial charge is 0.162 e. The lowest BCUT2D eigenvalue weighted by molar-refractivity contribution is 0.0615. The van der Waals surface area contributed by atoms with Crippen LogP contribution in [0.1, 0.15) is 18.9 Å². The van der Waals surface area contributed by atoms with Crippen molar-refractivity contribution in [3.8, 4) is 0 Å². The number of rotatable bonds is 7. The molecule has 0 aromatic heterocycles. The Bertz CT molecular complexity index is 470. The van der Waals surface area contributed by atoms with Crippen LogP contribution in [0, 0.1) is 17.0 Å². The van der Waals surface area contributed by atoms with Gasteiger partial charge in [-0.25, -0.2) is 8.78 Å². The molecule has 5 heteroatoms. The molecule has 1 N–H and O–H groups in total. The highest BCUT2D eigenvalue weighted by molar-refractivity contribution is 5.21. The van der Waals surface area contributed by atoms with Crippen LogP contribution >= 0.6 is 0 Å². The quantitative estimate of drug-likeness (QED) is 0.785. The van der Waals surface area contributed by atoms with E-state index in [1.54, 1.807) is 19.2 Å². The van der Waals surface area contributed by atoms with Crippen molar-refractivity contribution < 1.29 is 18.3 Å². The van der Waals surface area contributed by atoms with Crippen LogP contribution in [0.5, 0.6) is 0 Å². The minimum Gasteiger partial charge on any atom is -0.383 e. The zero-order valence-electron chi connectivity index (χ0n) is 12.6. The van der Waals surface area contributed by atoms with Crippen LogP contribution in [0.25, 0.3) is 0 Å². The van der Waals surface area contributed by atoms with Crippen molar-refractivity contribution in [2.45, 2.75) is 25.9 Å². The van der Waals surface area contributed by atoms with Crippen LogP contribution in [0.3, 0.4) is 0 Å². The summed E-state index contributed by atoms with van der Waals surface area (Å²) in [6, 6.07) is 4.36. The molecule has 2 rings (SSSR count). The van der Waals surface area contributed by atoms with Crippen molar-refractivity contribution >= 4 is 0 Å². The van der Waals surface area contributed by atoms with E-state index in [1.807, 2.05) is 6.92 Å². The predicted octanol–water partition coefficient (Wildman–Crippen LogP) is 2.54. The number of nitrogens with one attached hydrogen (secondary N) is 1. The highest BCUT2D eigenvalue weighted by atomic mass is 19.2. The number of halogens is 2. The van der Waals surface area contributed by atoms with Gasteiger partial charge in [0.05, 0.1) is 12.7 Å². The molecular formula is C16H23F2NO2. The second kappa shape index (κ2) is 7.29. The standard InChI is InChI=1S/C16H23F2NO2/c1-12-16(6-8-21-12,11-19-7-9-20-2)10-13-4-3-5-14(17)15(13)18/h3-5,12,19H,6-11H2,1-2H3. The summed E-state index contributed by atoms with van der Waals surface area (Å²) in [6.07, 6.45) is 1.32. The van der Waals surface area contributed by atoms with Crippen molar-refractivity contribution in [2.24, 2.45) is 5.41 Å². The van der Waals surface area contributed by atoms with Crippen LogP contribution in [-0.4, -0.2) is 39.5 Å². The molecule has 0 radical (unpaired) electrons. The molecule has 1 aliphatic rings. The summed E-state index contributed by atoms with van der Waals surface area (Å²) in [5.41, 5.74) is 0.212. The van der Waals surface area contributed by atoms with E-state index < -0.39 is 11.6 Å². The summed E-state index contributed by atoms with van der Waals surface area (Å²) >= 11 is 0. The fraction of sp³-hybridized carbons (Fsp3) is 0.625. The first-order valence-electron chi connectivity index (χ1n) is 7.33. The molecule has 1 saturated heterocycles. The fourth-order valence-corrected chi connectivity index (χ4v) is 2.92. The van der Waals surface area contributed by atoms with Gasteiger partial charge in [0.25, 0.3) is 0 Å². The van der Waals surface area contributed by atoms with Crippen LogP contribution in [-0.2, 0) is 15.9 Å². The maximum atomic E-state index is 13.9. The molecule has 1 aromatic rings. The van der Waals surface area contributed by atoms with E-state index in [4.69, 9.17) is 9.47 Å². The van der Waals surface area contributed by atoms with Gasteiger partial charge in [-0.15, -0.1) is 0 Å². The number of ether oxygens (including phenoxy) is 2. The van der Waals surface area contributed by atoms with E-state index >= 15 is 0 Å². The number of methoxy groups -OCH3 is 1. The van der Waals surface area contributed by atoms with Gasteiger partial charge < -0.3 is 14.8 Å². The summed E-state index contributed by atoms with van der Waals surface area (Å²) in [7, 11) is 1.65. The summed E-state index contributed by atoms with van der Waals surface area (Å²) in [5, 5.41) is 3.33.